The second-order valence-corrected chi connectivity index (χ2v) is 4.99. The van der Waals surface area contributed by atoms with Crippen LogP contribution in [0.3, 0.4) is 0 Å². The molecule has 2 aromatic carbocycles. The Balaban J connectivity index is 2.19. The lowest BCUT2D eigenvalue weighted by molar-refractivity contribution is 0.623. The maximum absolute atomic E-state index is 13.6. The summed E-state index contributed by atoms with van der Waals surface area (Å²) in [7, 11) is 0. The molecule has 0 atom stereocenters. The predicted molar refractivity (Wildman–Crippen MR) is 78.7 cm³/mol. The van der Waals surface area contributed by atoms with Crippen molar-refractivity contribution in [2.75, 3.05) is 5.73 Å². The van der Waals surface area contributed by atoms with Crippen LogP contribution >= 0.6 is 11.6 Å². The SMILES string of the molecule is Cc1cc(F)cc(-n2nnnc2-c2cccc(N)c2Cl)c1. The number of nitrogen functional groups attached to an aromatic ring is 1. The van der Waals surface area contributed by atoms with Gasteiger partial charge in [0.25, 0.3) is 0 Å². The zero-order valence-corrected chi connectivity index (χ0v) is 11.8. The monoisotopic (exact) mass is 303 g/mol. The van der Waals surface area contributed by atoms with Crippen LogP contribution < -0.4 is 5.73 Å². The third-order valence-electron chi connectivity index (χ3n) is 3.01. The number of aryl methyl sites for hydroxylation is 1. The van der Waals surface area contributed by atoms with Gasteiger partial charge in [-0.2, -0.15) is 4.68 Å². The molecule has 0 spiro atoms. The molecule has 3 aromatic rings. The third kappa shape index (κ3) is 2.45. The summed E-state index contributed by atoms with van der Waals surface area (Å²) >= 11 is 6.20. The molecular weight excluding hydrogens is 293 g/mol. The third-order valence-corrected chi connectivity index (χ3v) is 3.43. The molecule has 0 unspecified atom stereocenters. The fourth-order valence-corrected chi connectivity index (χ4v) is 2.30. The van der Waals surface area contributed by atoms with Crippen LogP contribution in [0.25, 0.3) is 17.1 Å². The molecule has 2 N–H and O–H groups in total. The van der Waals surface area contributed by atoms with Crippen LogP contribution in [-0.4, -0.2) is 20.2 Å². The van der Waals surface area contributed by atoms with Crippen molar-refractivity contribution in [3.8, 4) is 17.1 Å². The van der Waals surface area contributed by atoms with Gasteiger partial charge in [-0.3, -0.25) is 0 Å². The molecule has 0 aliphatic carbocycles. The van der Waals surface area contributed by atoms with Gasteiger partial charge in [-0.25, -0.2) is 4.39 Å². The van der Waals surface area contributed by atoms with Crippen molar-refractivity contribution in [2.24, 2.45) is 0 Å². The quantitative estimate of drug-likeness (QED) is 0.739. The van der Waals surface area contributed by atoms with Crippen molar-refractivity contribution in [1.29, 1.82) is 0 Å². The van der Waals surface area contributed by atoms with Crippen molar-refractivity contribution in [3.63, 3.8) is 0 Å². The Bertz CT molecular complexity index is 795. The highest BCUT2D eigenvalue weighted by molar-refractivity contribution is 6.35. The second kappa shape index (κ2) is 5.14. The van der Waals surface area contributed by atoms with Gasteiger partial charge in [0.2, 0.25) is 0 Å². The number of hydrogen-bond donors (Lipinski definition) is 1. The van der Waals surface area contributed by atoms with Crippen molar-refractivity contribution in [2.45, 2.75) is 6.92 Å². The van der Waals surface area contributed by atoms with E-state index in [9.17, 15) is 4.39 Å². The normalized spacial score (nSPS) is 10.8. The summed E-state index contributed by atoms with van der Waals surface area (Å²) in [5.74, 6) is 0.0439. The molecule has 5 nitrogen and oxygen atoms in total. The maximum atomic E-state index is 13.6. The van der Waals surface area contributed by atoms with Crippen molar-refractivity contribution in [1.82, 2.24) is 20.2 Å². The second-order valence-electron chi connectivity index (χ2n) is 4.61. The summed E-state index contributed by atoms with van der Waals surface area (Å²) in [6, 6.07) is 9.77. The molecule has 0 bridgehead atoms. The number of anilines is 1. The van der Waals surface area contributed by atoms with Crippen LogP contribution in [0, 0.1) is 12.7 Å². The van der Waals surface area contributed by atoms with E-state index in [2.05, 4.69) is 15.5 Å². The van der Waals surface area contributed by atoms with Gasteiger partial charge in [0, 0.05) is 5.56 Å². The van der Waals surface area contributed by atoms with E-state index in [4.69, 9.17) is 17.3 Å². The molecule has 0 aliphatic rings. The van der Waals surface area contributed by atoms with E-state index in [1.807, 2.05) is 0 Å². The van der Waals surface area contributed by atoms with E-state index >= 15 is 0 Å². The van der Waals surface area contributed by atoms with Gasteiger partial charge in [0.05, 0.1) is 16.4 Å². The Hall–Kier alpha value is -2.47. The van der Waals surface area contributed by atoms with Crippen LogP contribution in [0.5, 0.6) is 0 Å². The fourth-order valence-electron chi connectivity index (χ4n) is 2.09. The molecule has 7 heteroatoms. The van der Waals surface area contributed by atoms with Crippen LogP contribution in [0.15, 0.2) is 36.4 Å². The summed E-state index contributed by atoms with van der Waals surface area (Å²) in [6.45, 7) is 1.80. The number of halogens is 2. The molecule has 0 saturated heterocycles. The summed E-state index contributed by atoms with van der Waals surface area (Å²) in [5.41, 5.74) is 8.10. The first-order valence-electron chi connectivity index (χ1n) is 6.16. The average Bonchev–Trinajstić information content (AvgIpc) is 2.90. The van der Waals surface area contributed by atoms with Gasteiger partial charge < -0.3 is 5.73 Å². The lowest BCUT2D eigenvalue weighted by Crippen LogP contribution is -2.02. The molecule has 0 saturated carbocycles. The number of hydrogen-bond acceptors (Lipinski definition) is 4. The number of rotatable bonds is 2. The largest absolute Gasteiger partial charge is 0.398 e. The van der Waals surface area contributed by atoms with E-state index < -0.39 is 0 Å². The highest BCUT2D eigenvalue weighted by atomic mass is 35.5. The number of nitrogens with two attached hydrogens (primary N) is 1. The van der Waals surface area contributed by atoms with E-state index in [-0.39, 0.29) is 5.82 Å². The van der Waals surface area contributed by atoms with Crippen molar-refractivity contribution in [3.05, 3.63) is 52.8 Å². The molecule has 106 valence electrons. The Morgan fingerprint density at radius 3 is 2.81 bits per heavy atom. The summed E-state index contributed by atoms with van der Waals surface area (Å²) in [6.07, 6.45) is 0. The van der Waals surface area contributed by atoms with Crippen molar-refractivity contribution >= 4 is 17.3 Å². The zero-order chi connectivity index (χ0) is 15.0. The minimum atomic E-state index is -0.356. The minimum absolute atomic E-state index is 0.356. The van der Waals surface area contributed by atoms with Gasteiger partial charge in [0.1, 0.15) is 5.82 Å². The topological polar surface area (TPSA) is 69.6 Å². The van der Waals surface area contributed by atoms with Gasteiger partial charge in [-0.15, -0.1) is 5.10 Å². The number of nitrogens with zero attached hydrogens (tertiary/aromatic N) is 4. The summed E-state index contributed by atoms with van der Waals surface area (Å²) in [4.78, 5) is 0. The lowest BCUT2D eigenvalue weighted by atomic mass is 10.1. The first-order valence-corrected chi connectivity index (χ1v) is 6.54. The molecule has 1 heterocycles. The Kier molecular flexibility index (Phi) is 3.31. The maximum Gasteiger partial charge on any atom is 0.188 e. The van der Waals surface area contributed by atoms with Gasteiger partial charge >= 0.3 is 0 Å². The minimum Gasteiger partial charge on any atom is -0.398 e. The van der Waals surface area contributed by atoms with Crippen LogP contribution in [0.4, 0.5) is 10.1 Å². The molecule has 0 aliphatic heterocycles. The zero-order valence-electron chi connectivity index (χ0n) is 11.1. The van der Waals surface area contributed by atoms with Crippen molar-refractivity contribution < 1.29 is 4.39 Å². The molecule has 0 amide bonds. The molecule has 1 aromatic heterocycles. The highest BCUT2D eigenvalue weighted by Crippen LogP contribution is 2.31. The van der Waals surface area contributed by atoms with Crippen LogP contribution in [-0.2, 0) is 0 Å². The van der Waals surface area contributed by atoms with Gasteiger partial charge in [-0.05, 0) is 53.2 Å². The van der Waals surface area contributed by atoms with E-state index in [1.165, 1.54) is 16.8 Å². The number of benzene rings is 2. The Labute approximate surface area is 125 Å². The van der Waals surface area contributed by atoms with Gasteiger partial charge in [0.15, 0.2) is 5.82 Å². The van der Waals surface area contributed by atoms with Crippen LogP contribution in [0.2, 0.25) is 5.02 Å². The van der Waals surface area contributed by atoms with E-state index in [0.29, 0.717) is 27.8 Å². The van der Waals surface area contributed by atoms with Gasteiger partial charge in [-0.1, -0.05) is 17.7 Å². The molecule has 0 fully saturated rings. The van der Waals surface area contributed by atoms with E-state index in [0.717, 1.165) is 5.56 Å². The smallest absolute Gasteiger partial charge is 0.188 e. The standard InChI is InChI=1S/C14H11ClFN5/c1-8-5-9(16)7-10(6-8)21-14(18-19-20-21)11-3-2-4-12(17)13(11)15/h2-7H,17H2,1H3. The first-order chi connectivity index (χ1) is 10.1. The Morgan fingerprint density at radius 2 is 2.05 bits per heavy atom. The summed E-state index contributed by atoms with van der Waals surface area (Å²) in [5, 5.41) is 11.9. The molecule has 3 rings (SSSR count). The number of tetrazole rings is 1. The average molecular weight is 304 g/mol. The fraction of sp³-hybridized carbons (Fsp3) is 0.0714. The highest BCUT2D eigenvalue weighted by Gasteiger charge is 2.15. The summed E-state index contributed by atoms with van der Waals surface area (Å²) < 4.78 is 15.0. The van der Waals surface area contributed by atoms with Crippen LogP contribution in [0.1, 0.15) is 5.56 Å². The predicted octanol–water partition coefficient (Wildman–Crippen LogP) is 3.01. The molecule has 21 heavy (non-hydrogen) atoms. The van der Waals surface area contributed by atoms with E-state index in [1.54, 1.807) is 31.2 Å². The lowest BCUT2D eigenvalue weighted by Gasteiger charge is -2.08. The molecular formula is C14H11ClFN5. The molecule has 0 radical (unpaired) electrons. The number of aromatic nitrogens is 4. The Morgan fingerprint density at radius 1 is 1.24 bits per heavy atom. The first kappa shape index (κ1) is 13.5.